The lowest BCUT2D eigenvalue weighted by Gasteiger charge is -2.32. The first-order valence-electron chi connectivity index (χ1n) is 9.15. The van der Waals surface area contributed by atoms with Crippen molar-refractivity contribution >= 4 is 5.91 Å². The Morgan fingerprint density at radius 1 is 1.32 bits per heavy atom. The molecule has 0 aliphatic carbocycles. The summed E-state index contributed by atoms with van der Waals surface area (Å²) >= 11 is 0. The maximum atomic E-state index is 13.5. The van der Waals surface area contributed by atoms with Gasteiger partial charge >= 0.3 is 0 Å². The third-order valence-electron chi connectivity index (χ3n) is 4.86. The van der Waals surface area contributed by atoms with Crippen molar-refractivity contribution in [3.8, 4) is 11.6 Å². The molecule has 0 bridgehead atoms. The van der Waals surface area contributed by atoms with E-state index in [0.29, 0.717) is 36.0 Å². The summed E-state index contributed by atoms with van der Waals surface area (Å²) in [4.78, 5) is 23.4. The maximum Gasteiger partial charge on any atom is 0.257 e. The van der Waals surface area contributed by atoms with Crippen LogP contribution in [-0.2, 0) is 0 Å². The van der Waals surface area contributed by atoms with Gasteiger partial charge in [0.15, 0.2) is 0 Å². The fourth-order valence-electron chi connectivity index (χ4n) is 3.46. The van der Waals surface area contributed by atoms with Gasteiger partial charge in [0, 0.05) is 43.2 Å². The van der Waals surface area contributed by atoms with Gasteiger partial charge in [-0.05, 0) is 31.9 Å². The molecule has 1 fully saturated rings. The Hall–Kier alpha value is -3.29. The Bertz CT molecular complexity index is 990. The molecular formula is C20H20FN5O2. The molecule has 1 atom stereocenters. The van der Waals surface area contributed by atoms with E-state index in [1.807, 2.05) is 11.8 Å². The molecule has 8 heteroatoms. The number of amides is 1. The van der Waals surface area contributed by atoms with Crippen molar-refractivity contribution in [2.75, 3.05) is 13.1 Å². The number of benzene rings is 1. The second-order valence-electron chi connectivity index (χ2n) is 6.81. The number of hydrogen-bond donors (Lipinski definition) is 1. The van der Waals surface area contributed by atoms with E-state index < -0.39 is 0 Å². The molecule has 3 aromatic rings. The number of halogens is 1. The van der Waals surface area contributed by atoms with E-state index in [2.05, 4.69) is 20.2 Å². The Morgan fingerprint density at radius 2 is 2.18 bits per heavy atom. The number of nitrogens with zero attached hydrogens (tertiary/aromatic N) is 4. The van der Waals surface area contributed by atoms with Crippen LogP contribution < -0.4 is 4.74 Å². The lowest BCUT2D eigenvalue weighted by Crippen LogP contribution is -2.39. The number of piperidine rings is 1. The van der Waals surface area contributed by atoms with Crippen molar-refractivity contribution in [1.82, 2.24) is 25.1 Å². The maximum absolute atomic E-state index is 13.5. The van der Waals surface area contributed by atoms with E-state index in [4.69, 9.17) is 4.74 Å². The van der Waals surface area contributed by atoms with Gasteiger partial charge in [-0.2, -0.15) is 5.10 Å². The molecule has 2 aromatic heterocycles. The Labute approximate surface area is 161 Å². The number of aromatic amines is 1. The zero-order chi connectivity index (χ0) is 19.5. The zero-order valence-electron chi connectivity index (χ0n) is 15.4. The standard InChI is InChI=1S/C20H20FN5O2/c1-13-17(11-24-25-13)20(27)26-9-3-4-14(12-26)18-19(23-8-7-22-18)28-16-6-2-5-15(21)10-16/h2,5-8,10-11,14H,3-4,9,12H2,1H3,(H,24,25)/t14-/m0/s1. The summed E-state index contributed by atoms with van der Waals surface area (Å²) in [5.41, 5.74) is 2.01. The molecule has 1 aliphatic heterocycles. The number of aryl methyl sites for hydroxylation is 1. The molecule has 4 rings (SSSR count). The predicted molar refractivity (Wildman–Crippen MR) is 99.7 cm³/mol. The highest BCUT2D eigenvalue weighted by Gasteiger charge is 2.29. The van der Waals surface area contributed by atoms with Gasteiger partial charge < -0.3 is 9.64 Å². The van der Waals surface area contributed by atoms with Gasteiger partial charge in [-0.3, -0.25) is 14.9 Å². The molecule has 28 heavy (non-hydrogen) atoms. The molecule has 1 aliphatic rings. The van der Waals surface area contributed by atoms with E-state index in [1.54, 1.807) is 30.7 Å². The third-order valence-corrected chi connectivity index (χ3v) is 4.86. The SMILES string of the molecule is Cc1[nH]ncc1C(=O)N1CCC[C@H](c2nccnc2Oc2cccc(F)c2)C1. The minimum Gasteiger partial charge on any atom is -0.437 e. The average molecular weight is 381 g/mol. The molecule has 144 valence electrons. The van der Waals surface area contributed by atoms with Crippen LogP contribution in [0, 0.1) is 12.7 Å². The van der Waals surface area contributed by atoms with Gasteiger partial charge in [-0.15, -0.1) is 0 Å². The molecule has 1 amide bonds. The van der Waals surface area contributed by atoms with Gasteiger partial charge in [-0.25, -0.2) is 9.37 Å². The zero-order valence-corrected chi connectivity index (χ0v) is 15.4. The van der Waals surface area contributed by atoms with Crippen LogP contribution in [-0.4, -0.2) is 44.1 Å². The van der Waals surface area contributed by atoms with Crippen LogP contribution in [0.15, 0.2) is 42.9 Å². The Balaban J connectivity index is 1.55. The highest BCUT2D eigenvalue weighted by Crippen LogP contribution is 2.33. The summed E-state index contributed by atoms with van der Waals surface area (Å²) < 4.78 is 19.3. The quantitative estimate of drug-likeness (QED) is 0.748. The van der Waals surface area contributed by atoms with Gasteiger partial charge in [0.05, 0.1) is 11.8 Å². The molecular weight excluding hydrogens is 361 g/mol. The van der Waals surface area contributed by atoms with Crippen molar-refractivity contribution < 1.29 is 13.9 Å². The molecule has 1 N–H and O–H groups in total. The topological polar surface area (TPSA) is 84.0 Å². The van der Waals surface area contributed by atoms with Crippen molar-refractivity contribution in [3.63, 3.8) is 0 Å². The van der Waals surface area contributed by atoms with E-state index in [9.17, 15) is 9.18 Å². The molecule has 1 aromatic carbocycles. The van der Waals surface area contributed by atoms with Crippen LogP contribution in [0.2, 0.25) is 0 Å². The summed E-state index contributed by atoms with van der Waals surface area (Å²) in [6, 6.07) is 5.90. The Morgan fingerprint density at radius 3 is 2.96 bits per heavy atom. The normalized spacial score (nSPS) is 16.8. The largest absolute Gasteiger partial charge is 0.437 e. The van der Waals surface area contributed by atoms with Gasteiger partial charge in [0.25, 0.3) is 5.91 Å². The van der Waals surface area contributed by atoms with Crippen LogP contribution in [0.4, 0.5) is 4.39 Å². The van der Waals surface area contributed by atoms with E-state index in [1.165, 1.54) is 12.1 Å². The number of H-pyrrole nitrogens is 1. The monoisotopic (exact) mass is 381 g/mol. The van der Waals surface area contributed by atoms with Crippen LogP contribution >= 0.6 is 0 Å². The average Bonchev–Trinajstić information content (AvgIpc) is 3.14. The van der Waals surface area contributed by atoms with Crippen LogP contribution in [0.5, 0.6) is 11.6 Å². The van der Waals surface area contributed by atoms with Gasteiger partial charge in [0.1, 0.15) is 17.3 Å². The molecule has 0 spiro atoms. The van der Waals surface area contributed by atoms with Crippen molar-refractivity contribution in [2.45, 2.75) is 25.7 Å². The van der Waals surface area contributed by atoms with E-state index in [0.717, 1.165) is 18.5 Å². The molecule has 7 nitrogen and oxygen atoms in total. The van der Waals surface area contributed by atoms with Crippen LogP contribution in [0.25, 0.3) is 0 Å². The van der Waals surface area contributed by atoms with Crippen molar-refractivity contribution in [3.05, 3.63) is 65.6 Å². The smallest absolute Gasteiger partial charge is 0.257 e. The highest BCUT2D eigenvalue weighted by molar-refractivity contribution is 5.95. The number of rotatable bonds is 4. The van der Waals surface area contributed by atoms with Crippen molar-refractivity contribution in [2.24, 2.45) is 0 Å². The molecule has 1 saturated heterocycles. The molecule has 0 unspecified atom stereocenters. The first-order valence-corrected chi connectivity index (χ1v) is 9.15. The lowest BCUT2D eigenvalue weighted by atomic mass is 9.94. The van der Waals surface area contributed by atoms with Crippen LogP contribution in [0.3, 0.4) is 0 Å². The fourth-order valence-corrected chi connectivity index (χ4v) is 3.46. The summed E-state index contributed by atoms with van der Waals surface area (Å²) in [6.45, 7) is 3.03. The highest BCUT2D eigenvalue weighted by atomic mass is 19.1. The summed E-state index contributed by atoms with van der Waals surface area (Å²) in [7, 11) is 0. The second kappa shape index (κ2) is 7.75. The molecule has 0 radical (unpaired) electrons. The number of likely N-dealkylation sites (tertiary alicyclic amines) is 1. The fraction of sp³-hybridized carbons (Fsp3) is 0.300. The number of hydrogen-bond acceptors (Lipinski definition) is 5. The summed E-state index contributed by atoms with van der Waals surface area (Å²) in [5.74, 6) is 0.258. The first kappa shape index (κ1) is 18.1. The molecule has 3 heterocycles. The third kappa shape index (κ3) is 3.71. The minimum absolute atomic E-state index is 0.0119. The van der Waals surface area contributed by atoms with Crippen molar-refractivity contribution in [1.29, 1.82) is 0 Å². The second-order valence-corrected chi connectivity index (χ2v) is 6.81. The number of ether oxygens (including phenoxy) is 1. The van der Waals surface area contributed by atoms with Gasteiger partial charge in [0.2, 0.25) is 5.88 Å². The number of nitrogens with one attached hydrogen (secondary N) is 1. The molecule has 0 saturated carbocycles. The van der Waals surface area contributed by atoms with Crippen LogP contribution in [0.1, 0.15) is 40.5 Å². The summed E-state index contributed by atoms with van der Waals surface area (Å²) in [6.07, 6.45) is 6.42. The van der Waals surface area contributed by atoms with Gasteiger partial charge in [-0.1, -0.05) is 6.07 Å². The Kier molecular flexibility index (Phi) is 5.01. The van der Waals surface area contributed by atoms with E-state index in [-0.39, 0.29) is 17.6 Å². The first-order chi connectivity index (χ1) is 13.6. The number of carbonyl (C=O) groups excluding carboxylic acids is 1. The van der Waals surface area contributed by atoms with E-state index >= 15 is 0 Å². The number of carbonyl (C=O) groups is 1. The minimum atomic E-state index is -0.382. The summed E-state index contributed by atoms with van der Waals surface area (Å²) in [5, 5.41) is 6.74. The predicted octanol–water partition coefficient (Wildman–Crippen LogP) is 3.46. The lowest BCUT2D eigenvalue weighted by molar-refractivity contribution is 0.0704. The number of aromatic nitrogens is 4.